The zero-order valence-corrected chi connectivity index (χ0v) is 9.93. The number of rotatable bonds is 3. The van der Waals surface area contributed by atoms with Crippen LogP contribution in [0.5, 0.6) is 5.75 Å². The lowest BCUT2D eigenvalue weighted by Crippen LogP contribution is -1.93. The number of fused-ring (bicyclic) bond motifs is 1. The molecule has 0 saturated heterocycles. The Balaban J connectivity index is 2.70. The third kappa shape index (κ3) is 2.10. The Labute approximate surface area is 105 Å². The second-order valence-corrected chi connectivity index (χ2v) is 3.82. The van der Waals surface area contributed by atoms with Crippen molar-refractivity contribution >= 4 is 22.8 Å². The summed E-state index contributed by atoms with van der Waals surface area (Å²) in [4.78, 5) is 10.3. The van der Waals surface area contributed by atoms with E-state index in [0.717, 1.165) is 21.9 Å². The van der Waals surface area contributed by atoms with Crippen molar-refractivity contribution in [3.63, 3.8) is 0 Å². The van der Waals surface area contributed by atoms with Gasteiger partial charge in [-0.25, -0.2) is 4.79 Å². The molecule has 0 aliphatic rings. The Hall–Kier alpha value is -2.56. The maximum Gasteiger partial charge on any atom is 0.125 e. The summed E-state index contributed by atoms with van der Waals surface area (Å²) in [5, 5.41) is 10.8. The van der Waals surface area contributed by atoms with Gasteiger partial charge in [0.15, 0.2) is 0 Å². The maximum atomic E-state index is 10.3. The van der Waals surface area contributed by atoms with E-state index in [0.29, 0.717) is 12.2 Å². The van der Waals surface area contributed by atoms with E-state index in [2.05, 4.69) is 6.07 Å². The minimum absolute atomic E-state index is 0.295. The van der Waals surface area contributed by atoms with Crippen molar-refractivity contribution in [1.29, 1.82) is 5.26 Å². The molecule has 0 aliphatic carbocycles. The van der Waals surface area contributed by atoms with Crippen molar-refractivity contribution in [3.05, 3.63) is 41.5 Å². The van der Waals surface area contributed by atoms with E-state index >= 15 is 0 Å². The summed E-state index contributed by atoms with van der Waals surface area (Å²) in [5.41, 5.74) is 1.67. The molecule has 0 aliphatic heterocycles. The highest BCUT2D eigenvalue weighted by molar-refractivity contribution is 5.91. The summed E-state index contributed by atoms with van der Waals surface area (Å²) in [6, 6.07) is 11.5. The summed E-state index contributed by atoms with van der Waals surface area (Å²) in [5.74, 6) is 2.47. The number of hydrogen-bond donors (Lipinski definition) is 0. The van der Waals surface area contributed by atoms with Crippen LogP contribution in [0.2, 0.25) is 0 Å². The third-order valence-electron chi connectivity index (χ3n) is 2.81. The minimum Gasteiger partial charge on any atom is -0.496 e. The topological polar surface area (TPSA) is 50.1 Å². The number of nitrogens with zero attached hydrogens (tertiary/aromatic N) is 1. The number of hydrogen-bond acceptors (Lipinski definition) is 3. The van der Waals surface area contributed by atoms with Crippen LogP contribution in [0.4, 0.5) is 0 Å². The fourth-order valence-corrected chi connectivity index (χ4v) is 2.00. The molecule has 0 bridgehead atoms. The fraction of sp³-hybridized carbons (Fsp3) is 0.133. The van der Waals surface area contributed by atoms with Crippen molar-refractivity contribution in [3.8, 4) is 11.8 Å². The quantitative estimate of drug-likeness (QED) is 0.771. The van der Waals surface area contributed by atoms with Gasteiger partial charge in [0, 0.05) is 11.6 Å². The molecule has 0 N–H and O–H groups in total. The molecule has 0 spiro atoms. The third-order valence-corrected chi connectivity index (χ3v) is 2.81. The predicted molar refractivity (Wildman–Crippen MR) is 70.0 cm³/mol. The van der Waals surface area contributed by atoms with E-state index in [1.807, 2.05) is 30.3 Å². The number of benzene rings is 2. The van der Waals surface area contributed by atoms with E-state index in [1.54, 1.807) is 13.1 Å². The molecule has 2 aromatic carbocycles. The summed E-state index contributed by atoms with van der Waals surface area (Å²) < 4.78 is 5.26. The Morgan fingerprint density at radius 3 is 2.83 bits per heavy atom. The zero-order chi connectivity index (χ0) is 13.0. The van der Waals surface area contributed by atoms with Gasteiger partial charge in [-0.3, -0.25) is 0 Å². The molecule has 0 radical (unpaired) electrons. The molecule has 0 fully saturated rings. The Bertz CT molecular complexity index is 677. The normalized spacial score (nSPS) is 9.56. The van der Waals surface area contributed by atoms with Gasteiger partial charge in [-0.15, -0.1) is 0 Å². The lowest BCUT2D eigenvalue weighted by Gasteiger charge is -2.09. The molecule has 2 aromatic rings. The molecule has 0 aromatic heterocycles. The highest BCUT2D eigenvalue weighted by atomic mass is 16.5. The zero-order valence-electron chi connectivity index (χ0n) is 9.93. The molecule has 0 heterocycles. The monoisotopic (exact) mass is 237 g/mol. The van der Waals surface area contributed by atoms with Gasteiger partial charge in [0.25, 0.3) is 0 Å². The second kappa shape index (κ2) is 5.18. The predicted octanol–water partition coefficient (Wildman–Crippen LogP) is 2.76. The molecule has 2 rings (SSSR count). The van der Waals surface area contributed by atoms with Gasteiger partial charge < -0.3 is 4.74 Å². The first-order valence-corrected chi connectivity index (χ1v) is 5.47. The van der Waals surface area contributed by atoms with Gasteiger partial charge in [0.1, 0.15) is 11.7 Å². The fourth-order valence-electron chi connectivity index (χ4n) is 2.00. The maximum absolute atomic E-state index is 10.3. The van der Waals surface area contributed by atoms with Gasteiger partial charge in [-0.1, -0.05) is 18.2 Å². The summed E-state index contributed by atoms with van der Waals surface area (Å²) in [7, 11) is 1.59. The smallest absolute Gasteiger partial charge is 0.125 e. The summed E-state index contributed by atoms with van der Waals surface area (Å²) in [6.45, 7) is 0. The van der Waals surface area contributed by atoms with Crippen molar-refractivity contribution in [2.45, 2.75) is 6.42 Å². The van der Waals surface area contributed by atoms with Crippen molar-refractivity contribution in [1.82, 2.24) is 0 Å². The van der Waals surface area contributed by atoms with E-state index in [-0.39, 0.29) is 0 Å². The van der Waals surface area contributed by atoms with Crippen LogP contribution in [0.1, 0.15) is 11.1 Å². The molecular formula is C15H11NO2. The standard InChI is InChI=1S/C15H11NO2/c1-18-15-5-3-12-10-11(7-9-17)2-4-13(12)14(15)6-8-16/h2-5,7,10H,6H2,1H3. The Morgan fingerprint density at radius 1 is 1.33 bits per heavy atom. The molecule has 3 nitrogen and oxygen atoms in total. The van der Waals surface area contributed by atoms with E-state index in [1.165, 1.54) is 6.08 Å². The average Bonchev–Trinajstić information content (AvgIpc) is 2.39. The lowest BCUT2D eigenvalue weighted by atomic mass is 9.99. The average molecular weight is 237 g/mol. The molecule has 18 heavy (non-hydrogen) atoms. The van der Waals surface area contributed by atoms with Crippen LogP contribution in [0, 0.1) is 11.3 Å². The van der Waals surface area contributed by atoms with Crippen LogP contribution < -0.4 is 4.74 Å². The molecule has 0 amide bonds. The Kier molecular flexibility index (Phi) is 3.43. The van der Waals surface area contributed by atoms with Gasteiger partial charge in [-0.2, -0.15) is 5.26 Å². The van der Waals surface area contributed by atoms with E-state index in [4.69, 9.17) is 10.00 Å². The summed E-state index contributed by atoms with van der Waals surface area (Å²) >= 11 is 0. The molecule has 88 valence electrons. The number of carbonyl (C=O) groups excluding carboxylic acids is 1. The van der Waals surface area contributed by atoms with Crippen LogP contribution >= 0.6 is 0 Å². The van der Waals surface area contributed by atoms with E-state index < -0.39 is 0 Å². The van der Waals surface area contributed by atoms with Crippen LogP contribution in [-0.4, -0.2) is 13.1 Å². The van der Waals surface area contributed by atoms with Gasteiger partial charge in [0.2, 0.25) is 0 Å². The SMILES string of the molecule is COc1ccc2cc(C=C=O)ccc2c1CC#N. The highest BCUT2D eigenvalue weighted by Gasteiger charge is 2.08. The first-order chi connectivity index (χ1) is 8.80. The van der Waals surface area contributed by atoms with E-state index in [9.17, 15) is 4.79 Å². The largest absolute Gasteiger partial charge is 0.496 e. The molecule has 3 heteroatoms. The highest BCUT2D eigenvalue weighted by Crippen LogP contribution is 2.29. The minimum atomic E-state index is 0.295. The van der Waals surface area contributed by atoms with Crippen LogP contribution in [0.3, 0.4) is 0 Å². The molecule has 0 atom stereocenters. The van der Waals surface area contributed by atoms with Gasteiger partial charge in [0.05, 0.1) is 19.6 Å². The molecule has 0 saturated carbocycles. The summed E-state index contributed by atoms with van der Waals surface area (Å²) in [6.07, 6.45) is 1.68. The van der Waals surface area contributed by atoms with Crippen LogP contribution in [0.15, 0.2) is 30.3 Å². The van der Waals surface area contributed by atoms with Crippen LogP contribution in [-0.2, 0) is 11.2 Å². The molecule has 0 unspecified atom stereocenters. The van der Waals surface area contributed by atoms with Crippen molar-refractivity contribution in [2.75, 3.05) is 7.11 Å². The van der Waals surface area contributed by atoms with Crippen LogP contribution in [0.25, 0.3) is 16.8 Å². The number of methoxy groups -OCH3 is 1. The van der Waals surface area contributed by atoms with Gasteiger partial charge in [-0.05, 0) is 28.5 Å². The van der Waals surface area contributed by atoms with Crippen molar-refractivity contribution in [2.24, 2.45) is 0 Å². The molecular weight excluding hydrogens is 226 g/mol. The second-order valence-electron chi connectivity index (χ2n) is 3.82. The van der Waals surface area contributed by atoms with Crippen molar-refractivity contribution < 1.29 is 9.53 Å². The van der Waals surface area contributed by atoms with Gasteiger partial charge >= 0.3 is 0 Å². The first kappa shape index (κ1) is 11.9. The first-order valence-electron chi connectivity index (χ1n) is 5.47. The number of ether oxygens (including phenoxy) is 1. The Morgan fingerprint density at radius 2 is 2.17 bits per heavy atom. The lowest BCUT2D eigenvalue weighted by molar-refractivity contribution is 0.411. The number of nitriles is 1.